The van der Waals surface area contributed by atoms with Crippen LogP contribution in [0.4, 0.5) is 4.79 Å². The number of nitrogens with zero attached hydrogens (tertiary/aromatic N) is 1. The zero-order valence-electron chi connectivity index (χ0n) is 15.9. The van der Waals surface area contributed by atoms with Crippen LogP contribution in [0, 0.1) is 0 Å². The fourth-order valence-electron chi connectivity index (χ4n) is 3.19. The van der Waals surface area contributed by atoms with Gasteiger partial charge in [-0.25, -0.2) is 4.79 Å². The Morgan fingerprint density at radius 2 is 1.71 bits per heavy atom. The van der Waals surface area contributed by atoms with Gasteiger partial charge in [-0.15, -0.1) is 0 Å². The number of rotatable bonds is 7. The van der Waals surface area contributed by atoms with E-state index in [0.29, 0.717) is 6.42 Å². The Labute approximate surface area is 172 Å². The first-order valence-electron chi connectivity index (χ1n) is 9.70. The zero-order valence-corrected chi connectivity index (χ0v) is 16.7. The lowest BCUT2D eigenvalue weighted by Crippen LogP contribution is -2.46. The molecule has 1 N–H and O–H groups in total. The highest BCUT2D eigenvalue weighted by Gasteiger charge is 2.24. The van der Waals surface area contributed by atoms with Gasteiger partial charge in [0, 0.05) is 13.1 Å². The highest BCUT2D eigenvalue weighted by atomic mass is 32.1. The minimum Gasteiger partial charge on any atom is -0.445 e. The molecule has 0 radical (unpaired) electrons. The van der Waals surface area contributed by atoms with Crippen molar-refractivity contribution in [1.29, 1.82) is 0 Å². The van der Waals surface area contributed by atoms with E-state index in [9.17, 15) is 4.79 Å². The highest BCUT2D eigenvalue weighted by Crippen LogP contribution is 2.13. The molecule has 1 unspecified atom stereocenters. The van der Waals surface area contributed by atoms with Gasteiger partial charge in [-0.2, -0.15) is 0 Å². The molecule has 1 fully saturated rings. The normalized spacial score (nSPS) is 14.8. The minimum absolute atomic E-state index is 0.246. The average Bonchev–Trinajstić information content (AvgIpc) is 3.27. The Morgan fingerprint density at radius 1 is 1.07 bits per heavy atom. The van der Waals surface area contributed by atoms with Crippen LogP contribution in [0.25, 0.3) is 6.08 Å². The standard InChI is InChI=1S/C23H26N2O2S/c26-23(27-18-20-12-5-2-6-13-20)24-21(22(28)25-16-7-8-17-25)15-9-14-19-10-3-1-4-11-19/h1-6,9-14,21H,7-8,15-18H2,(H,24,26)/b14-9+. The molecule has 5 heteroatoms. The van der Waals surface area contributed by atoms with Gasteiger partial charge in [0.05, 0.1) is 6.04 Å². The number of hydrogen-bond donors (Lipinski definition) is 1. The Hall–Kier alpha value is -2.66. The number of amides is 1. The first kappa shape index (κ1) is 20.1. The van der Waals surface area contributed by atoms with Crippen LogP contribution >= 0.6 is 12.2 Å². The summed E-state index contributed by atoms with van der Waals surface area (Å²) < 4.78 is 5.38. The second-order valence-corrected chi connectivity index (χ2v) is 7.26. The van der Waals surface area contributed by atoms with Crippen LogP contribution in [0.15, 0.2) is 66.7 Å². The molecule has 1 aliphatic rings. The molecule has 0 aromatic heterocycles. The topological polar surface area (TPSA) is 41.6 Å². The summed E-state index contributed by atoms with van der Waals surface area (Å²) in [6, 6.07) is 19.5. The maximum absolute atomic E-state index is 12.3. The monoisotopic (exact) mass is 394 g/mol. The molecule has 0 bridgehead atoms. The molecule has 4 nitrogen and oxygen atoms in total. The lowest BCUT2D eigenvalue weighted by molar-refractivity contribution is 0.138. The van der Waals surface area contributed by atoms with Gasteiger partial charge in [0.1, 0.15) is 11.6 Å². The van der Waals surface area contributed by atoms with E-state index in [-0.39, 0.29) is 12.6 Å². The van der Waals surface area contributed by atoms with Crippen molar-refractivity contribution in [1.82, 2.24) is 10.2 Å². The summed E-state index contributed by atoms with van der Waals surface area (Å²) in [5.74, 6) is 0. The van der Waals surface area contributed by atoms with Crippen LogP contribution in [0.2, 0.25) is 0 Å². The second-order valence-electron chi connectivity index (χ2n) is 6.84. The lowest BCUT2D eigenvalue weighted by atomic mass is 10.1. The molecule has 2 aromatic rings. The number of benzene rings is 2. The van der Waals surface area contributed by atoms with E-state index in [4.69, 9.17) is 17.0 Å². The van der Waals surface area contributed by atoms with Crippen LogP contribution < -0.4 is 5.32 Å². The molecule has 1 atom stereocenters. The van der Waals surface area contributed by atoms with E-state index in [2.05, 4.69) is 22.4 Å². The van der Waals surface area contributed by atoms with Crippen molar-refractivity contribution in [3.8, 4) is 0 Å². The number of thiocarbonyl (C=S) groups is 1. The molecule has 1 heterocycles. The van der Waals surface area contributed by atoms with Crippen molar-refractivity contribution in [3.63, 3.8) is 0 Å². The van der Waals surface area contributed by atoms with Crippen molar-refractivity contribution in [2.24, 2.45) is 0 Å². The van der Waals surface area contributed by atoms with Gasteiger partial charge in [0.2, 0.25) is 0 Å². The third-order valence-corrected chi connectivity index (χ3v) is 5.25. The molecule has 0 spiro atoms. The van der Waals surface area contributed by atoms with Gasteiger partial charge >= 0.3 is 6.09 Å². The molecule has 2 aromatic carbocycles. The molecule has 1 aliphatic heterocycles. The lowest BCUT2D eigenvalue weighted by Gasteiger charge is -2.26. The van der Waals surface area contributed by atoms with Crippen molar-refractivity contribution < 1.29 is 9.53 Å². The van der Waals surface area contributed by atoms with E-state index in [1.165, 1.54) is 0 Å². The fourth-order valence-corrected chi connectivity index (χ4v) is 3.53. The van der Waals surface area contributed by atoms with Crippen LogP contribution in [0.1, 0.15) is 30.4 Å². The summed E-state index contributed by atoms with van der Waals surface area (Å²) in [5, 5.41) is 2.95. The van der Waals surface area contributed by atoms with E-state index in [1.54, 1.807) is 0 Å². The van der Waals surface area contributed by atoms with Gasteiger partial charge in [0.25, 0.3) is 0 Å². The largest absolute Gasteiger partial charge is 0.445 e. The smallest absolute Gasteiger partial charge is 0.408 e. The number of likely N-dealkylation sites (tertiary alicyclic amines) is 1. The molecule has 1 amide bonds. The molecule has 1 saturated heterocycles. The Morgan fingerprint density at radius 3 is 2.39 bits per heavy atom. The van der Waals surface area contributed by atoms with E-state index in [1.807, 2.05) is 60.7 Å². The Balaban J connectivity index is 1.59. The average molecular weight is 395 g/mol. The zero-order chi connectivity index (χ0) is 19.6. The summed E-state index contributed by atoms with van der Waals surface area (Å²) in [4.78, 5) is 15.3. The van der Waals surface area contributed by atoms with Gasteiger partial charge in [-0.3, -0.25) is 0 Å². The summed E-state index contributed by atoms with van der Waals surface area (Å²) >= 11 is 5.68. The predicted octanol–water partition coefficient (Wildman–Crippen LogP) is 4.81. The third-order valence-electron chi connectivity index (χ3n) is 4.70. The van der Waals surface area contributed by atoms with Crippen molar-refractivity contribution in [2.75, 3.05) is 13.1 Å². The molecular weight excluding hydrogens is 368 g/mol. The Bertz CT molecular complexity index is 787. The SMILES string of the molecule is O=C(NC(C/C=C/c1ccccc1)C(=S)N1CCCC1)OCc1ccccc1. The number of carbonyl (C=O) groups excluding carboxylic acids is 1. The highest BCUT2D eigenvalue weighted by molar-refractivity contribution is 7.80. The first-order valence-corrected chi connectivity index (χ1v) is 10.1. The number of hydrogen-bond acceptors (Lipinski definition) is 3. The summed E-state index contributed by atoms with van der Waals surface area (Å²) in [6.45, 7) is 2.16. The van der Waals surface area contributed by atoms with E-state index in [0.717, 1.165) is 42.0 Å². The molecule has 3 rings (SSSR count). The molecule has 28 heavy (non-hydrogen) atoms. The molecule has 0 saturated carbocycles. The van der Waals surface area contributed by atoms with Crippen LogP contribution in [0.5, 0.6) is 0 Å². The predicted molar refractivity (Wildman–Crippen MR) is 117 cm³/mol. The van der Waals surface area contributed by atoms with Gasteiger partial charge in [-0.05, 0) is 30.4 Å². The van der Waals surface area contributed by atoms with Gasteiger partial charge in [0.15, 0.2) is 0 Å². The molecule has 146 valence electrons. The summed E-state index contributed by atoms with van der Waals surface area (Å²) in [6.07, 6.45) is 6.58. The number of ether oxygens (including phenoxy) is 1. The molecule has 0 aliphatic carbocycles. The number of nitrogens with one attached hydrogen (secondary N) is 1. The van der Waals surface area contributed by atoms with Gasteiger partial charge < -0.3 is 15.0 Å². The van der Waals surface area contributed by atoms with Crippen molar-refractivity contribution in [2.45, 2.75) is 31.9 Å². The first-order chi connectivity index (χ1) is 13.7. The van der Waals surface area contributed by atoms with Crippen LogP contribution in [-0.4, -0.2) is 35.1 Å². The summed E-state index contributed by atoms with van der Waals surface area (Å²) in [7, 11) is 0. The maximum atomic E-state index is 12.3. The van der Waals surface area contributed by atoms with Crippen molar-refractivity contribution >= 4 is 29.4 Å². The second kappa shape index (κ2) is 10.6. The van der Waals surface area contributed by atoms with Crippen molar-refractivity contribution in [3.05, 3.63) is 77.9 Å². The van der Waals surface area contributed by atoms with Crippen LogP contribution in [-0.2, 0) is 11.3 Å². The number of carbonyl (C=O) groups is 1. The van der Waals surface area contributed by atoms with E-state index < -0.39 is 6.09 Å². The quantitative estimate of drug-likeness (QED) is 0.685. The molecular formula is C23H26N2O2S. The number of alkyl carbamates (subject to hydrolysis) is 1. The van der Waals surface area contributed by atoms with Crippen LogP contribution in [0.3, 0.4) is 0 Å². The Kier molecular flexibility index (Phi) is 7.62. The van der Waals surface area contributed by atoms with E-state index >= 15 is 0 Å². The third kappa shape index (κ3) is 6.20. The van der Waals surface area contributed by atoms with Gasteiger partial charge in [-0.1, -0.05) is 85.0 Å². The summed E-state index contributed by atoms with van der Waals surface area (Å²) in [5.41, 5.74) is 2.08. The fraction of sp³-hybridized carbons (Fsp3) is 0.304. The minimum atomic E-state index is -0.441. The maximum Gasteiger partial charge on any atom is 0.408 e.